The minimum Gasteiger partial charge on any atom is -0.390 e. The van der Waals surface area contributed by atoms with Crippen LogP contribution in [-0.4, -0.2) is 53.7 Å². The Hall–Kier alpha value is -1.99. The van der Waals surface area contributed by atoms with Gasteiger partial charge < -0.3 is 14.7 Å². The van der Waals surface area contributed by atoms with E-state index < -0.39 is 6.10 Å². The molecular formula is C23H28ClFN2O3. The molecule has 1 heterocycles. The molecule has 0 radical (unpaired) electrons. The van der Waals surface area contributed by atoms with Gasteiger partial charge in [-0.15, -0.1) is 0 Å². The van der Waals surface area contributed by atoms with Crippen molar-refractivity contribution in [3.05, 3.63) is 70.5 Å². The predicted molar refractivity (Wildman–Crippen MR) is 116 cm³/mol. The zero-order chi connectivity index (χ0) is 21.5. The smallest absolute Gasteiger partial charge is 0.145 e. The molecule has 2 aromatic carbocycles. The lowest BCUT2D eigenvalue weighted by Crippen LogP contribution is -2.39. The maximum atomic E-state index is 13.6. The quantitative estimate of drug-likeness (QED) is 0.607. The second kappa shape index (κ2) is 10.9. The molecule has 0 bridgehead atoms. The van der Waals surface area contributed by atoms with E-state index in [1.165, 1.54) is 12.1 Å². The fraction of sp³-hybridized carbons (Fsp3) is 0.435. The van der Waals surface area contributed by atoms with Crippen LogP contribution in [0, 0.1) is 5.82 Å². The standard InChI is InChI=1S/C23H28ClFN2O3/c1-16(2)29-15-21(28)13-27(12-17-4-3-5-20(25)10-17)14-22-11-23(26-30-22)18-6-8-19(24)9-7-18/h3-10,16,21-22,28H,11-15H2,1-2H3/t21-,22-/m1/s1. The van der Waals surface area contributed by atoms with Crippen molar-refractivity contribution in [3.63, 3.8) is 0 Å². The number of oxime groups is 1. The molecule has 1 N–H and O–H groups in total. The number of hydrogen-bond donors (Lipinski definition) is 1. The van der Waals surface area contributed by atoms with Gasteiger partial charge in [0.25, 0.3) is 0 Å². The Morgan fingerprint density at radius 3 is 2.73 bits per heavy atom. The van der Waals surface area contributed by atoms with E-state index in [0.717, 1.165) is 16.8 Å². The van der Waals surface area contributed by atoms with Crippen molar-refractivity contribution in [2.45, 2.75) is 45.1 Å². The summed E-state index contributed by atoms with van der Waals surface area (Å²) in [6.07, 6.45) is -0.105. The van der Waals surface area contributed by atoms with Gasteiger partial charge in [0.15, 0.2) is 0 Å². The molecule has 0 saturated carbocycles. The molecule has 30 heavy (non-hydrogen) atoms. The normalized spacial score (nSPS) is 17.3. The lowest BCUT2D eigenvalue weighted by molar-refractivity contribution is -0.0194. The molecule has 2 atom stereocenters. The summed E-state index contributed by atoms with van der Waals surface area (Å²) < 4.78 is 19.1. The van der Waals surface area contributed by atoms with Crippen LogP contribution in [0.3, 0.4) is 0 Å². The molecule has 0 aliphatic carbocycles. The van der Waals surface area contributed by atoms with E-state index in [-0.39, 0.29) is 24.6 Å². The van der Waals surface area contributed by atoms with Crippen molar-refractivity contribution in [1.29, 1.82) is 0 Å². The van der Waals surface area contributed by atoms with Gasteiger partial charge in [-0.2, -0.15) is 0 Å². The van der Waals surface area contributed by atoms with Crippen LogP contribution in [0.25, 0.3) is 0 Å². The summed E-state index contributed by atoms with van der Waals surface area (Å²) in [5.74, 6) is -0.276. The third-order valence-electron chi connectivity index (χ3n) is 4.76. The third-order valence-corrected chi connectivity index (χ3v) is 5.01. The molecule has 162 valence electrons. The Balaban J connectivity index is 1.62. The Morgan fingerprint density at radius 2 is 2.03 bits per heavy atom. The van der Waals surface area contributed by atoms with E-state index in [0.29, 0.717) is 31.1 Å². The molecule has 0 spiro atoms. The van der Waals surface area contributed by atoms with Crippen LogP contribution in [-0.2, 0) is 16.1 Å². The topological polar surface area (TPSA) is 54.3 Å². The van der Waals surface area contributed by atoms with Crippen LogP contribution < -0.4 is 0 Å². The lowest BCUT2D eigenvalue weighted by Gasteiger charge is -2.27. The number of benzene rings is 2. The van der Waals surface area contributed by atoms with E-state index >= 15 is 0 Å². The molecule has 5 nitrogen and oxygen atoms in total. The summed E-state index contributed by atoms with van der Waals surface area (Å²) in [7, 11) is 0. The molecule has 0 fully saturated rings. The molecule has 3 rings (SSSR count). The number of aliphatic hydroxyl groups is 1. The number of ether oxygens (including phenoxy) is 1. The van der Waals surface area contributed by atoms with Gasteiger partial charge in [0.05, 0.1) is 24.5 Å². The number of hydrogen-bond acceptors (Lipinski definition) is 5. The van der Waals surface area contributed by atoms with Gasteiger partial charge in [-0.3, -0.25) is 4.90 Å². The van der Waals surface area contributed by atoms with E-state index in [9.17, 15) is 9.50 Å². The second-order valence-electron chi connectivity index (χ2n) is 7.84. The average Bonchev–Trinajstić information content (AvgIpc) is 3.15. The Bertz CT molecular complexity index is 845. The molecule has 0 aromatic heterocycles. The summed E-state index contributed by atoms with van der Waals surface area (Å²) in [6, 6.07) is 14.0. The number of halogens is 2. The summed E-state index contributed by atoms with van der Waals surface area (Å²) >= 11 is 5.96. The summed E-state index contributed by atoms with van der Waals surface area (Å²) in [4.78, 5) is 7.70. The highest BCUT2D eigenvalue weighted by Crippen LogP contribution is 2.20. The van der Waals surface area contributed by atoms with Crippen molar-refractivity contribution in [2.75, 3.05) is 19.7 Å². The van der Waals surface area contributed by atoms with E-state index in [4.69, 9.17) is 21.2 Å². The van der Waals surface area contributed by atoms with Crippen LogP contribution in [0.1, 0.15) is 31.4 Å². The summed E-state index contributed by atoms with van der Waals surface area (Å²) in [5.41, 5.74) is 2.68. The van der Waals surface area contributed by atoms with Crippen molar-refractivity contribution in [1.82, 2.24) is 4.90 Å². The monoisotopic (exact) mass is 434 g/mol. The highest BCUT2D eigenvalue weighted by atomic mass is 35.5. The van der Waals surface area contributed by atoms with Crippen molar-refractivity contribution in [2.24, 2.45) is 5.16 Å². The Labute approximate surface area is 182 Å². The van der Waals surface area contributed by atoms with Crippen molar-refractivity contribution >= 4 is 17.3 Å². The minimum atomic E-state index is -0.654. The average molecular weight is 435 g/mol. The van der Waals surface area contributed by atoms with Crippen LogP contribution in [0.5, 0.6) is 0 Å². The molecule has 0 unspecified atom stereocenters. The SMILES string of the molecule is CC(C)OC[C@H](O)CN(Cc1cccc(F)c1)C[C@H]1CC(c2ccc(Cl)cc2)=NO1. The number of aliphatic hydroxyl groups excluding tert-OH is 1. The van der Waals surface area contributed by atoms with Gasteiger partial charge in [-0.1, -0.05) is 41.0 Å². The largest absolute Gasteiger partial charge is 0.390 e. The molecule has 0 amide bonds. The molecule has 2 aromatic rings. The zero-order valence-corrected chi connectivity index (χ0v) is 18.1. The number of rotatable bonds is 10. The fourth-order valence-electron chi connectivity index (χ4n) is 3.38. The first-order valence-corrected chi connectivity index (χ1v) is 10.5. The fourth-order valence-corrected chi connectivity index (χ4v) is 3.50. The van der Waals surface area contributed by atoms with Gasteiger partial charge in [-0.05, 0) is 49.2 Å². The van der Waals surface area contributed by atoms with Crippen LogP contribution in [0.15, 0.2) is 53.7 Å². The Morgan fingerprint density at radius 1 is 1.27 bits per heavy atom. The summed E-state index contributed by atoms with van der Waals surface area (Å²) in [6.45, 7) is 5.54. The van der Waals surface area contributed by atoms with Gasteiger partial charge in [0.1, 0.15) is 11.9 Å². The highest BCUT2D eigenvalue weighted by Gasteiger charge is 2.26. The van der Waals surface area contributed by atoms with Crippen molar-refractivity contribution in [3.8, 4) is 0 Å². The Kier molecular flexibility index (Phi) is 8.22. The van der Waals surface area contributed by atoms with Crippen LogP contribution in [0.2, 0.25) is 5.02 Å². The molecule has 1 aliphatic heterocycles. The number of nitrogens with zero attached hydrogens (tertiary/aromatic N) is 2. The third kappa shape index (κ3) is 7.06. The van der Waals surface area contributed by atoms with Crippen LogP contribution >= 0.6 is 11.6 Å². The van der Waals surface area contributed by atoms with Gasteiger partial charge in [0, 0.05) is 31.1 Å². The summed E-state index contributed by atoms with van der Waals surface area (Å²) in [5, 5.41) is 15.3. The van der Waals surface area contributed by atoms with Gasteiger partial charge in [0.2, 0.25) is 0 Å². The predicted octanol–water partition coefficient (Wildman–Crippen LogP) is 4.26. The first kappa shape index (κ1) is 22.7. The van der Waals surface area contributed by atoms with E-state index in [1.807, 2.05) is 49.1 Å². The van der Waals surface area contributed by atoms with Gasteiger partial charge in [-0.25, -0.2) is 4.39 Å². The molecule has 0 saturated heterocycles. The first-order valence-electron chi connectivity index (χ1n) is 10.1. The minimum absolute atomic E-state index is 0.0461. The highest BCUT2D eigenvalue weighted by molar-refractivity contribution is 6.30. The lowest BCUT2D eigenvalue weighted by atomic mass is 10.0. The molecule has 7 heteroatoms. The zero-order valence-electron chi connectivity index (χ0n) is 17.3. The van der Waals surface area contributed by atoms with E-state index in [1.54, 1.807) is 6.07 Å². The second-order valence-corrected chi connectivity index (χ2v) is 8.27. The van der Waals surface area contributed by atoms with Gasteiger partial charge >= 0.3 is 0 Å². The molecular weight excluding hydrogens is 407 g/mol. The van der Waals surface area contributed by atoms with Crippen LogP contribution in [0.4, 0.5) is 4.39 Å². The maximum absolute atomic E-state index is 13.6. The maximum Gasteiger partial charge on any atom is 0.145 e. The first-order chi connectivity index (χ1) is 14.4. The van der Waals surface area contributed by atoms with Crippen molar-refractivity contribution < 1.29 is 19.1 Å². The van der Waals surface area contributed by atoms with E-state index in [2.05, 4.69) is 5.16 Å². The molecule has 1 aliphatic rings.